The molecule has 2 aliphatic rings. The average Bonchev–Trinajstić information content (AvgIpc) is 3.05. The Labute approximate surface area is 182 Å². The summed E-state index contributed by atoms with van der Waals surface area (Å²) in [5.74, 6) is 0.0659. The first-order valence-electron chi connectivity index (χ1n) is 9.50. The van der Waals surface area contributed by atoms with Crippen LogP contribution in [0.1, 0.15) is 32.6 Å². The van der Waals surface area contributed by atoms with Gasteiger partial charge < -0.3 is 23.8 Å². The molecule has 9 nitrogen and oxygen atoms in total. The normalized spacial score (nSPS) is 18.3. The van der Waals surface area contributed by atoms with Gasteiger partial charge in [0.25, 0.3) is 0 Å². The molecule has 1 atom stereocenters. The molecule has 0 saturated carbocycles. The monoisotopic (exact) mass is 456 g/mol. The molecule has 5 rings (SSSR count). The molecular weight excluding hydrogens is 439 g/mol. The van der Waals surface area contributed by atoms with Crippen molar-refractivity contribution in [3.05, 3.63) is 82.4 Å². The highest BCUT2D eigenvalue weighted by Gasteiger charge is 2.54. The van der Waals surface area contributed by atoms with Crippen molar-refractivity contribution in [2.24, 2.45) is 0 Å². The van der Waals surface area contributed by atoms with Crippen molar-refractivity contribution in [1.82, 2.24) is 0 Å². The summed E-state index contributed by atoms with van der Waals surface area (Å²) in [5, 5.41) is 10.1. The third-order valence-electron chi connectivity index (χ3n) is 5.52. The number of aliphatic hydroxyl groups is 1. The maximum absolute atomic E-state index is 12.8. The van der Waals surface area contributed by atoms with Crippen molar-refractivity contribution < 1.29 is 43.0 Å². The predicted molar refractivity (Wildman–Crippen MR) is 110 cm³/mol. The Morgan fingerprint density at radius 2 is 1.78 bits per heavy atom. The van der Waals surface area contributed by atoms with Gasteiger partial charge in [0.2, 0.25) is 0 Å². The third-order valence-corrected chi connectivity index (χ3v) is 5.96. The Balaban J connectivity index is 1.84. The number of ether oxygens (including phenoxy) is 3. The van der Waals surface area contributed by atoms with Gasteiger partial charge in [0.1, 0.15) is 23.0 Å². The van der Waals surface area contributed by atoms with E-state index in [1.165, 1.54) is 19.2 Å². The molecule has 2 aliphatic heterocycles. The summed E-state index contributed by atoms with van der Waals surface area (Å²) in [4.78, 5) is 31.4. The lowest BCUT2D eigenvalue weighted by Crippen LogP contribution is -2.33. The number of carbonyl (C=O) groups is 1. The number of benzene rings is 3. The lowest BCUT2D eigenvalue weighted by molar-refractivity contribution is 0.0223. The van der Waals surface area contributed by atoms with Gasteiger partial charge in [-0.2, -0.15) is 0 Å². The van der Waals surface area contributed by atoms with E-state index in [9.17, 15) is 24.3 Å². The van der Waals surface area contributed by atoms with Gasteiger partial charge in [-0.25, -0.2) is 9.36 Å². The van der Waals surface area contributed by atoms with Gasteiger partial charge in [-0.15, -0.1) is 0 Å². The van der Waals surface area contributed by atoms with Crippen LogP contribution in [-0.2, 0) is 21.5 Å². The summed E-state index contributed by atoms with van der Waals surface area (Å²) in [6, 6.07) is 14.8. The molecular formula is C22H17O9P. The molecule has 0 bridgehead atoms. The third kappa shape index (κ3) is 2.91. The average molecular weight is 456 g/mol. The highest BCUT2D eigenvalue weighted by atomic mass is 31.2. The molecule has 3 N–H and O–H groups in total. The van der Waals surface area contributed by atoms with Crippen LogP contribution < -0.4 is 14.0 Å². The van der Waals surface area contributed by atoms with E-state index in [0.717, 1.165) is 0 Å². The van der Waals surface area contributed by atoms with Crippen molar-refractivity contribution >= 4 is 13.8 Å². The quantitative estimate of drug-likeness (QED) is 0.400. The van der Waals surface area contributed by atoms with E-state index in [0.29, 0.717) is 33.8 Å². The van der Waals surface area contributed by atoms with Crippen molar-refractivity contribution in [3.8, 4) is 23.0 Å². The first-order valence-corrected chi connectivity index (χ1v) is 11.0. The summed E-state index contributed by atoms with van der Waals surface area (Å²) in [7, 11) is -3.42. The molecule has 0 radical (unpaired) electrons. The van der Waals surface area contributed by atoms with Crippen molar-refractivity contribution in [3.63, 3.8) is 0 Å². The number of fused-ring (bicyclic) bond motifs is 6. The van der Waals surface area contributed by atoms with Crippen LogP contribution in [0.5, 0.6) is 23.0 Å². The number of aliphatic hydroxyl groups excluding tert-OH is 1. The minimum absolute atomic E-state index is 0.000833. The summed E-state index contributed by atoms with van der Waals surface area (Å²) in [5.41, 5.74) is 0.482. The first kappa shape index (κ1) is 20.5. The second-order valence-electron chi connectivity index (χ2n) is 7.24. The lowest BCUT2D eigenvalue weighted by Gasteiger charge is -2.37. The van der Waals surface area contributed by atoms with Crippen LogP contribution in [0.3, 0.4) is 0 Å². The zero-order chi connectivity index (χ0) is 22.7. The summed E-state index contributed by atoms with van der Waals surface area (Å²) >= 11 is 0. The minimum atomic E-state index is -4.91. The summed E-state index contributed by atoms with van der Waals surface area (Å²) in [6.45, 7) is -0.649. The molecule has 3 aromatic rings. The van der Waals surface area contributed by atoms with E-state index in [1.54, 1.807) is 42.5 Å². The van der Waals surface area contributed by atoms with E-state index in [2.05, 4.69) is 0 Å². The second-order valence-corrected chi connectivity index (χ2v) is 8.40. The van der Waals surface area contributed by atoms with Gasteiger partial charge >= 0.3 is 13.8 Å². The molecule has 0 fully saturated rings. The lowest BCUT2D eigenvalue weighted by atomic mass is 9.77. The molecule has 32 heavy (non-hydrogen) atoms. The van der Waals surface area contributed by atoms with Crippen LogP contribution in [0.25, 0.3) is 0 Å². The molecule has 3 aromatic carbocycles. The van der Waals surface area contributed by atoms with Gasteiger partial charge in [0.15, 0.2) is 5.60 Å². The van der Waals surface area contributed by atoms with Gasteiger partial charge in [-0.1, -0.05) is 18.2 Å². The van der Waals surface area contributed by atoms with Gasteiger partial charge in [0, 0.05) is 22.8 Å². The Hall–Kier alpha value is -3.36. The minimum Gasteiger partial charge on any atom is -0.497 e. The molecule has 0 aliphatic carbocycles. The summed E-state index contributed by atoms with van der Waals surface area (Å²) < 4.78 is 33.5. The number of carbonyl (C=O) groups excluding carboxylic acids is 1. The fourth-order valence-corrected chi connectivity index (χ4v) is 4.67. The van der Waals surface area contributed by atoms with Gasteiger partial charge in [-0.3, -0.25) is 9.79 Å². The Kier molecular flexibility index (Phi) is 4.54. The van der Waals surface area contributed by atoms with E-state index >= 15 is 0 Å². The molecule has 10 heteroatoms. The topological polar surface area (TPSA) is 132 Å². The van der Waals surface area contributed by atoms with Crippen LogP contribution >= 0.6 is 7.82 Å². The molecule has 164 valence electrons. The van der Waals surface area contributed by atoms with Crippen molar-refractivity contribution in [2.75, 3.05) is 7.11 Å². The molecule has 0 amide bonds. The van der Waals surface area contributed by atoms with Crippen molar-refractivity contribution in [1.29, 1.82) is 0 Å². The van der Waals surface area contributed by atoms with Crippen LogP contribution in [-0.4, -0.2) is 28.0 Å². The maximum atomic E-state index is 12.8. The van der Waals surface area contributed by atoms with Gasteiger partial charge in [-0.05, 0) is 30.3 Å². The van der Waals surface area contributed by atoms with Crippen LogP contribution in [0.4, 0.5) is 0 Å². The van der Waals surface area contributed by atoms with E-state index < -0.39 is 26.0 Å². The SMILES string of the molecule is COc1ccc2c(c1)Oc1c(ccc(OP(=O)(O)O)c1CO)C21OC(=O)c2ccccc21. The van der Waals surface area contributed by atoms with Crippen LogP contribution in [0.2, 0.25) is 0 Å². The number of rotatable bonds is 4. The Bertz CT molecular complexity index is 1310. The van der Waals surface area contributed by atoms with Gasteiger partial charge in [0.05, 0.1) is 24.8 Å². The largest absolute Gasteiger partial charge is 0.524 e. The number of hydrogen-bond acceptors (Lipinski definition) is 7. The number of hydrogen-bond donors (Lipinski definition) is 3. The van der Waals surface area contributed by atoms with Crippen LogP contribution in [0, 0.1) is 0 Å². The number of phosphoric acid groups is 1. The number of esters is 1. The highest BCUT2D eigenvalue weighted by Crippen LogP contribution is 2.58. The molecule has 1 spiro atoms. The molecule has 2 heterocycles. The number of methoxy groups -OCH3 is 1. The highest BCUT2D eigenvalue weighted by molar-refractivity contribution is 7.46. The first-order chi connectivity index (χ1) is 15.3. The smallest absolute Gasteiger partial charge is 0.497 e. The summed E-state index contributed by atoms with van der Waals surface area (Å²) in [6.07, 6.45) is 0. The Morgan fingerprint density at radius 1 is 1.03 bits per heavy atom. The number of phosphoric ester groups is 1. The van der Waals surface area contributed by atoms with E-state index in [-0.39, 0.29) is 17.1 Å². The van der Waals surface area contributed by atoms with E-state index in [1.807, 2.05) is 0 Å². The molecule has 1 unspecified atom stereocenters. The van der Waals surface area contributed by atoms with E-state index in [4.69, 9.17) is 18.7 Å². The Morgan fingerprint density at radius 3 is 2.50 bits per heavy atom. The zero-order valence-corrected chi connectivity index (χ0v) is 17.5. The fourth-order valence-electron chi connectivity index (χ4n) is 4.24. The van der Waals surface area contributed by atoms with Crippen molar-refractivity contribution in [2.45, 2.75) is 12.2 Å². The van der Waals surface area contributed by atoms with Crippen LogP contribution in [0.15, 0.2) is 54.6 Å². The maximum Gasteiger partial charge on any atom is 0.524 e. The standard InChI is InChI=1S/C22H17O9P/c1-28-12-6-7-16-19(10-12)29-20-14(11-23)18(31-32(25,26)27)9-8-17(20)22(16)15-5-3-2-4-13(15)21(24)30-22/h2-10,23H,11H2,1H3,(H2,25,26,27). The molecule has 0 saturated heterocycles. The zero-order valence-electron chi connectivity index (χ0n) is 16.6. The fraction of sp³-hybridized carbons (Fsp3) is 0.136. The second kappa shape index (κ2) is 7.08. The predicted octanol–water partition coefficient (Wildman–Crippen LogP) is 3.23. The molecule has 0 aromatic heterocycles.